The highest BCUT2D eigenvalue weighted by Crippen LogP contribution is 2.43. The molecule has 0 saturated carbocycles. The Kier molecular flexibility index (Phi) is 2.44. The average molecular weight is 255 g/mol. The maximum Gasteiger partial charge on any atom is 0.0553 e. The predicted molar refractivity (Wildman–Crippen MR) is 77.5 cm³/mol. The number of rotatable bonds is 0. The first-order valence-corrected chi connectivity index (χ1v) is 7.72. The van der Waals surface area contributed by atoms with E-state index in [0.717, 1.165) is 6.42 Å². The molecule has 1 aromatic heterocycles. The van der Waals surface area contributed by atoms with E-state index < -0.39 is 0 Å². The standard InChI is InChI=1S/C16H17NS/c1-2-6-14-12(5-1)11-16-13(8-10-18-16)15-7-3-4-9-17(14)15/h1-2,5-6,8,10,15H,3-4,7,9,11H2. The van der Waals surface area contributed by atoms with Gasteiger partial charge in [0.2, 0.25) is 0 Å². The number of piperidine rings is 1. The van der Waals surface area contributed by atoms with E-state index in [1.807, 2.05) is 11.3 Å². The lowest BCUT2D eigenvalue weighted by atomic mass is 9.96. The SMILES string of the molecule is c1ccc2c(c1)Cc1sccc1C1CCCCN21. The molecule has 1 aromatic carbocycles. The number of anilines is 1. The van der Waals surface area contributed by atoms with E-state index in [0.29, 0.717) is 6.04 Å². The van der Waals surface area contributed by atoms with Crippen molar-refractivity contribution in [2.75, 3.05) is 11.4 Å². The van der Waals surface area contributed by atoms with E-state index in [9.17, 15) is 0 Å². The van der Waals surface area contributed by atoms with Crippen LogP contribution in [0.1, 0.15) is 41.3 Å². The fraction of sp³-hybridized carbons (Fsp3) is 0.375. The van der Waals surface area contributed by atoms with Crippen molar-refractivity contribution >= 4 is 17.0 Å². The number of thiophene rings is 1. The van der Waals surface area contributed by atoms with E-state index in [4.69, 9.17) is 0 Å². The zero-order valence-corrected chi connectivity index (χ0v) is 11.2. The number of hydrogen-bond donors (Lipinski definition) is 0. The summed E-state index contributed by atoms with van der Waals surface area (Å²) < 4.78 is 0. The van der Waals surface area contributed by atoms with Gasteiger partial charge in [0, 0.05) is 23.5 Å². The van der Waals surface area contributed by atoms with Crippen molar-refractivity contribution in [3.63, 3.8) is 0 Å². The molecule has 0 radical (unpaired) electrons. The van der Waals surface area contributed by atoms with E-state index in [1.54, 1.807) is 10.4 Å². The molecule has 2 aromatic rings. The summed E-state index contributed by atoms with van der Waals surface area (Å²) in [6, 6.07) is 12.0. The summed E-state index contributed by atoms with van der Waals surface area (Å²) in [7, 11) is 0. The van der Waals surface area contributed by atoms with Crippen molar-refractivity contribution in [1.29, 1.82) is 0 Å². The predicted octanol–water partition coefficient (Wildman–Crippen LogP) is 4.38. The lowest BCUT2D eigenvalue weighted by Gasteiger charge is -2.37. The van der Waals surface area contributed by atoms with E-state index in [-0.39, 0.29) is 0 Å². The maximum absolute atomic E-state index is 2.65. The lowest BCUT2D eigenvalue weighted by molar-refractivity contribution is 0.474. The van der Waals surface area contributed by atoms with Crippen LogP contribution in [0.5, 0.6) is 0 Å². The quantitative estimate of drug-likeness (QED) is 0.675. The molecule has 1 atom stereocenters. The smallest absolute Gasteiger partial charge is 0.0553 e. The van der Waals surface area contributed by atoms with Gasteiger partial charge in [0.1, 0.15) is 0 Å². The van der Waals surface area contributed by atoms with Gasteiger partial charge in [-0.05, 0) is 47.9 Å². The van der Waals surface area contributed by atoms with Gasteiger partial charge in [0.05, 0.1) is 6.04 Å². The lowest BCUT2D eigenvalue weighted by Crippen LogP contribution is -2.33. The Balaban J connectivity index is 1.91. The summed E-state index contributed by atoms with van der Waals surface area (Å²) in [5, 5.41) is 2.27. The normalized spacial score (nSPS) is 21.8. The first-order chi connectivity index (χ1) is 8.93. The van der Waals surface area contributed by atoms with Crippen molar-refractivity contribution in [2.45, 2.75) is 31.7 Å². The number of fused-ring (bicyclic) bond motifs is 5. The van der Waals surface area contributed by atoms with Crippen LogP contribution >= 0.6 is 11.3 Å². The molecule has 2 aliphatic heterocycles. The molecule has 1 fully saturated rings. The summed E-state index contributed by atoms with van der Waals surface area (Å²) in [5.41, 5.74) is 4.58. The Bertz CT molecular complexity index is 572. The second-order valence-electron chi connectivity index (χ2n) is 5.31. The number of benzene rings is 1. The second kappa shape index (κ2) is 4.13. The Labute approximate surface area is 112 Å². The van der Waals surface area contributed by atoms with Crippen molar-refractivity contribution in [3.05, 3.63) is 51.7 Å². The molecule has 18 heavy (non-hydrogen) atoms. The molecule has 2 heteroatoms. The summed E-state index contributed by atoms with van der Waals surface area (Å²) >= 11 is 1.93. The molecule has 0 spiro atoms. The van der Waals surface area contributed by atoms with Gasteiger partial charge in [0.25, 0.3) is 0 Å². The molecule has 1 unspecified atom stereocenters. The van der Waals surface area contributed by atoms with Crippen LogP contribution in [0.25, 0.3) is 0 Å². The van der Waals surface area contributed by atoms with Gasteiger partial charge >= 0.3 is 0 Å². The minimum atomic E-state index is 0.628. The average Bonchev–Trinajstić information content (AvgIpc) is 2.83. The molecule has 0 bridgehead atoms. The Hall–Kier alpha value is -1.28. The molecular formula is C16H17NS. The van der Waals surface area contributed by atoms with Crippen LogP contribution in [0.3, 0.4) is 0 Å². The first kappa shape index (κ1) is 10.6. The molecular weight excluding hydrogens is 238 g/mol. The van der Waals surface area contributed by atoms with Crippen molar-refractivity contribution < 1.29 is 0 Å². The molecule has 4 rings (SSSR count). The number of para-hydroxylation sites is 1. The van der Waals surface area contributed by atoms with Crippen LogP contribution in [0.15, 0.2) is 35.7 Å². The van der Waals surface area contributed by atoms with Gasteiger partial charge in [-0.2, -0.15) is 0 Å². The summed E-state index contributed by atoms with van der Waals surface area (Å²) in [6.07, 6.45) is 5.15. The topological polar surface area (TPSA) is 3.24 Å². The van der Waals surface area contributed by atoms with Crippen molar-refractivity contribution in [3.8, 4) is 0 Å². The highest BCUT2D eigenvalue weighted by molar-refractivity contribution is 7.10. The van der Waals surface area contributed by atoms with E-state index >= 15 is 0 Å². The van der Waals surface area contributed by atoms with Crippen LogP contribution in [0, 0.1) is 0 Å². The molecule has 1 nitrogen and oxygen atoms in total. The molecule has 1 saturated heterocycles. The summed E-state index contributed by atoms with van der Waals surface area (Å²) in [6.45, 7) is 1.22. The van der Waals surface area contributed by atoms with Crippen LogP contribution in [0.4, 0.5) is 5.69 Å². The fourth-order valence-electron chi connectivity index (χ4n) is 3.45. The Morgan fingerprint density at radius 2 is 2.06 bits per heavy atom. The molecule has 3 heterocycles. The molecule has 0 N–H and O–H groups in total. The minimum absolute atomic E-state index is 0.628. The van der Waals surface area contributed by atoms with Crippen LogP contribution in [-0.4, -0.2) is 6.54 Å². The zero-order valence-electron chi connectivity index (χ0n) is 10.4. The summed E-state index contributed by atoms with van der Waals surface area (Å²) in [4.78, 5) is 4.23. The third kappa shape index (κ3) is 1.52. The largest absolute Gasteiger partial charge is 0.364 e. The maximum atomic E-state index is 2.65. The van der Waals surface area contributed by atoms with Gasteiger partial charge in [-0.15, -0.1) is 11.3 Å². The van der Waals surface area contributed by atoms with Gasteiger partial charge in [-0.1, -0.05) is 18.2 Å². The number of nitrogens with zero attached hydrogens (tertiary/aromatic N) is 1. The van der Waals surface area contributed by atoms with Gasteiger partial charge < -0.3 is 4.90 Å². The fourth-order valence-corrected chi connectivity index (χ4v) is 4.41. The molecule has 2 aliphatic rings. The third-order valence-electron chi connectivity index (χ3n) is 4.29. The molecule has 92 valence electrons. The van der Waals surface area contributed by atoms with Gasteiger partial charge in [-0.25, -0.2) is 0 Å². The minimum Gasteiger partial charge on any atom is -0.364 e. The van der Waals surface area contributed by atoms with Crippen molar-refractivity contribution in [1.82, 2.24) is 0 Å². The second-order valence-corrected chi connectivity index (χ2v) is 6.31. The zero-order chi connectivity index (χ0) is 11.9. The van der Waals surface area contributed by atoms with Crippen LogP contribution in [-0.2, 0) is 6.42 Å². The molecule has 0 aliphatic carbocycles. The highest BCUT2D eigenvalue weighted by Gasteiger charge is 2.30. The Morgan fingerprint density at radius 3 is 3.06 bits per heavy atom. The number of hydrogen-bond acceptors (Lipinski definition) is 2. The van der Waals surface area contributed by atoms with Crippen LogP contribution in [0.2, 0.25) is 0 Å². The van der Waals surface area contributed by atoms with E-state index in [2.05, 4.69) is 40.6 Å². The van der Waals surface area contributed by atoms with Crippen molar-refractivity contribution in [2.24, 2.45) is 0 Å². The Morgan fingerprint density at radius 1 is 1.11 bits per heavy atom. The monoisotopic (exact) mass is 255 g/mol. The van der Waals surface area contributed by atoms with Gasteiger partial charge in [-0.3, -0.25) is 0 Å². The third-order valence-corrected chi connectivity index (χ3v) is 5.23. The first-order valence-electron chi connectivity index (χ1n) is 6.84. The molecule has 0 amide bonds. The van der Waals surface area contributed by atoms with E-state index in [1.165, 1.54) is 37.1 Å². The highest BCUT2D eigenvalue weighted by atomic mass is 32.1. The van der Waals surface area contributed by atoms with Gasteiger partial charge in [0.15, 0.2) is 0 Å². The summed E-state index contributed by atoms with van der Waals surface area (Å²) in [5.74, 6) is 0. The van der Waals surface area contributed by atoms with Crippen LogP contribution < -0.4 is 4.90 Å².